The van der Waals surface area contributed by atoms with Gasteiger partial charge >= 0.3 is 11.9 Å². The summed E-state index contributed by atoms with van der Waals surface area (Å²) in [5.74, 6) is -4.64. The van der Waals surface area contributed by atoms with Gasteiger partial charge in [-0.25, -0.2) is 13.8 Å². The van der Waals surface area contributed by atoms with Crippen molar-refractivity contribution >= 4 is 17.6 Å². The number of fused-ring (bicyclic) bond motifs is 1. The summed E-state index contributed by atoms with van der Waals surface area (Å²) in [6.07, 6.45) is -3.24. The van der Waals surface area contributed by atoms with E-state index in [1.807, 2.05) is 5.32 Å². The van der Waals surface area contributed by atoms with Crippen LogP contribution in [0.25, 0.3) is 5.69 Å². The Kier molecular flexibility index (Phi) is 4.68. The molecule has 1 aliphatic rings. The number of amides is 2. The number of anilines is 1. The lowest BCUT2D eigenvalue weighted by Gasteiger charge is -2.30. The number of H-pyrrole nitrogens is 1. The van der Waals surface area contributed by atoms with Crippen molar-refractivity contribution in [2.24, 2.45) is 0 Å². The van der Waals surface area contributed by atoms with E-state index in [0.29, 0.717) is 4.57 Å². The molecule has 0 bridgehead atoms. The standard InChI is InChI=1S/C19H11F4N5O4/c20-10-3-5-11(6-4-10)28-13-12(15(30)26-17(28)32)18(16(31)25-13,19(21,22)23)27-14(29)9-2-1-7-24-8-9/h1-8H,(H,25,31)(H,27,29)(H,26,30,32)/t18-/m0/s1. The Hall–Kier alpha value is -4.29. The molecule has 3 heterocycles. The highest BCUT2D eigenvalue weighted by molar-refractivity contribution is 6.09. The molecule has 0 spiro atoms. The first-order valence-electron chi connectivity index (χ1n) is 8.83. The number of aromatic nitrogens is 3. The SMILES string of the molecule is O=C(N[C@]1(C(F)(F)F)C(=O)Nc2c1c(=O)[nH]c(=O)n2-c1ccc(F)cc1)c1cccnc1. The number of carbonyl (C=O) groups is 2. The summed E-state index contributed by atoms with van der Waals surface area (Å²) in [7, 11) is 0. The van der Waals surface area contributed by atoms with Gasteiger partial charge in [-0.05, 0) is 36.4 Å². The second-order valence-corrected chi connectivity index (χ2v) is 6.69. The number of hydrogen-bond donors (Lipinski definition) is 3. The molecule has 0 unspecified atom stereocenters. The molecule has 0 radical (unpaired) electrons. The molecule has 2 amide bonds. The van der Waals surface area contributed by atoms with E-state index < -0.39 is 52.0 Å². The third kappa shape index (κ3) is 3.05. The fraction of sp³-hybridized carbons (Fsp3) is 0.105. The summed E-state index contributed by atoms with van der Waals surface area (Å²) in [6.45, 7) is 0. The van der Waals surface area contributed by atoms with Crippen LogP contribution >= 0.6 is 0 Å². The second-order valence-electron chi connectivity index (χ2n) is 6.69. The topological polar surface area (TPSA) is 126 Å². The average Bonchev–Trinajstić information content (AvgIpc) is 3.03. The average molecular weight is 449 g/mol. The van der Waals surface area contributed by atoms with Gasteiger partial charge in [0.25, 0.3) is 22.9 Å². The third-order valence-corrected chi connectivity index (χ3v) is 4.79. The first-order valence-corrected chi connectivity index (χ1v) is 8.83. The molecule has 0 aliphatic carbocycles. The summed E-state index contributed by atoms with van der Waals surface area (Å²) >= 11 is 0. The van der Waals surface area contributed by atoms with Gasteiger partial charge < -0.3 is 10.6 Å². The molecule has 9 nitrogen and oxygen atoms in total. The minimum Gasteiger partial charge on any atom is -0.326 e. The lowest BCUT2D eigenvalue weighted by atomic mass is 9.91. The maximum Gasteiger partial charge on any atom is 0.425 e. The van der Waals surface area contributed by atoms with E-state index in [4.69, 9.17) is 0 Å². The van der Waals surface area contributed by atoms with Crippen molar-refractivity contribution in [3.63, 3.8) is 0 Å². The van der Waals surface area contributed by atoms with Crippen molar-refractivity contribution in [2.45, 2.75) is 11.7 Å². The van der Waals surface area contributed by atoms with E-state index >= 15 is 0 Å². The number of carbonyl (C=O) groups excluding carboxylic acids is 2. The van der Waals surface area contributed by atoms with E-state index in [9.17, 15) is 36.7 Å². The highest BCUT2D eigenvalue weighted by Crippen LogP contribution is 2.45. The predicted molar refractivity (Wildman–Crippen MR) is 101 cm³/mol. The highest BCUT2D eigenvalue weighted by Gasteiger charge is 2.68. The van der Waals surface area contributed by atoms with Gasteiger partial charge in [0, 0.05) is 12.4 Å². The number of pyridine rings is 1. The van der Waals surface area contributed by atoms with Crippen molar-refractivity contribution in [3.8, 4) is 5.69 Å². The van der Waals surface area contributed by atoms with Crippen LogP contribution in [0.4, 0.5) is 23.4 Å². The predicted octanol–water partition coefficient (Wildman–Crippen LogP) is 1.20. The molecule has 1 aromatic carbocycles. The first-order chi connectivity index (χ1) is 15.1. The van der Waals surface area contributed by atoms with E-state index in [-0.39, 0.29) is 11.3 Å². The number of benzene rings is 1. The van der Waals surface area contributed by atoms with Crippen LogP contribution < -0.4 is 21.9 Å². The van der Waals surface area contributed by atoms with Crippen LogP contribution in [0.1, 0.15) is 15.9 Å². The summed E-state index contributed by atoms with van der Waals surface area (Å²) in [5, 5.41) is 3.47. The smallest absolute Gasteiger partial charge is 0.326 e. The Bertz CT molecular complexity index is 1350. The van der Waals surface area contributed by atoms with Crippen molar-refractivity contribution in [1.29, 1.82) is 0 Å². The lowest BCUT2D eigenvalue weighted by molar-refractivity contribution is -0.196. The molecule has 0 fully saturated rings. The maximum atomic E-state index is 14.3. The summed E-state index contributed by atoms with van der Waals surface area (Å²) in [4.78, 5) is 55.4. The van der Waals surface area contributed by atoms with Crippen molar-refractivity contribution in [3.05, 3.63) is 86.6 Å². The zero-order chi connectivity index (χ0) is 23.3. The van der Waals surface area contributed by atoms with Gasteiger partial charge in [0.15, 0.2) is 0 Å². The van der Waals surface area contributed by atoms with E-state index in [2.05, 4.69) is 4.98 Å². The Labute approximate surface area is 174 Å². The second kappa shape index (κ2) is 7.14. The number of alkyl halides is 3. The number of aromatic amines is 1. The zero-order valence-corrected chi connectivity index (χ0v) is 15.7. The number of halogens is 4. The Morgan fingerprint density at radius 2 is 1.78 bits per heavy atom. The fourth-order valence-electron chi connectivity index (χ4n) is 3.35. The largest absolute Gasteiger partial charge is 0.425 e. The van der Waals surface area contributed by atoms with Crippen molar-refractivity contribution in [1.82, 2.24) is 19.9 Å². The first kappa shape index (κ1) is 21.0. The maximum absolute atomic E-state index is 14.3. The van der Waals surface area contributed by atoms with Crippen LogP contribution in [-0.4, -0.2) is 32.5 Å². The molecular formula is C19H11F4N5O4. The summed E-state index contributed by atoms with van der Waals surface area (Å²) in [6, 6.07) is 6.42. The van der Waals surface area contributed by atoms with Gasteiger partial charge in [-0.3, -0.25) is 24.4 Å². The molecule has 1 atom stereocenters. The molecule has 3 aromatic rings. The van der Waals surface area contributed by atoms with Gasteiger partial charge in [0.1, 0.15) is 17.2 Å². The van der Waals surface area contributed by atoms with Gasteiger partial charge in [-0.2, -0.15) is 13.2 Å². The van der Waals surface area contributed by atoms with Gasteiger partial charge in [-0.1, -0.05) is 0 Å². The molecule has 3 N–H and O–H groups in total. The summed E-state index contributed by atoms with van der Waals surface area (Å²) < 4.78 is 56.8. The van der Waals surface area contributed by atoms with E-state index in [0.717, 1.165) is 36.5 Å². The van der Waals surface area contributed by atoms with Crippen LogP contribution in [0.2, 0.25) is 0 Å². The minimum absolute atomic E-state index is 0.138. The van der Waals surface area contributed by atoms with Crippen molar-refractivity contribution < 1.29 is 27.2 Å². The number of rotatable bonds is 3. The van der Waals surface area contributed by atoms with Crippen LogP contribution in [-0.2, 0) is 10.3 Å². The number of nitrogens with zero attached hydrogens (tertiary/aromatic N) is 2. The van der Waals surface area contributed by atoms with Crippen LogP contribution in [0.15, 0.2) is 58.4 Å². The molecule has 0 saturated carbocycles. The summed E-state index contributed by atoms with van der Waals surface area (Å²) in [5.41, 5.74) is -8.21. The molecular weight excluding hydrogens is 438 g/mol. The van der Waals surface area contributed by atoms with Crippen LogP contribution in [0.5, 0.6) is 0 Å². The van der Waals surface area contributed by atoms with Crippen molar-refractivity contribution in [2.75, 3.05) is 5.32 Å². The molecule has 4 rings (SSSR count). The van der Waals surface area contributed by atoms with Gasteiger partial charge in [-0.15, -0.1) is 0 Å². The molecule has 13 heteroatoms. The Morgan fingerprint density at radius 1 is 1.09 bits per heavy atom. The Balaban J connectivity index is 1.98. The lowest BCUT2D eigenvalue weighted by Crippen LogP contribution is -2.62. The number of nitrogens with one attached hydrogen (secondary N) is 3. The van der Waals surface area contributed by atoms with E-state index in [1.54, 1.807) is 10.3 Å². The van der Waals surface area contributed by atoms with Crippen LogP contribution in [0.3, 0.4) is 0 Å². The third-order valence-electron chi connectivity index (χ3n) is 4.79. The highest BCUT2D eigenvalue weighted by atomic mass is 19.4. The Morgan fingerprint density at radius 3 is 2.38 bits per heavy atom. The van der Waals surface area contributed by atoms with Crippen LogP contribution in [0, 0.1) is 5.82 Å². The number of hydrogen-bond acceptors (Lipinski definition) is 5. The molecule has 1 aliphatic heterocycles. The molecule has 164 valence electrons. The monoisotopic (exact) mass is 449 g/mol. The van der Waals surface area contributed by atoms with Gasteiger partial charge in [0.2, 0.25) is 0 Å². The van der Waals surface area contributed by atoms with Gasteiger partial charge in [0.05, 0.1) is 11.3 Å². The van der Waals surface area contributed by atoms with E-state index in [1.165, 1.54) is 12.3 Å². The minimum atomic E-state index is -5.49. The quantitative estimate of drug-likeness (QED) is 0.518. The molecule has 32 heavy (non-hydrogen) atoms. The fourth-order valence-corrected chi connectivity index (χ4v) is 3.35. The zero-order valence-electron chi connectivity index (χ0n) is 15.7. The molecule has 0 saturated heterocycles. The molecule has 2 aromatic heterocycles. The normalized spacial score (nSPS) is 17.6.